The lowest BCUT2D eigenvalue weighted by molar-refractivity contribution is -0.137. The van der Waals surface area contributed by atoms with Crippen molar-refractivity contribution in [1.82, 2.24) is 5.32 Å². The summed E-state index contributed by atoms with van der Waals surface area (Å²) in [6.45, 7) is 0. The molecule has 144 valence electrons. The molecular formula is C20H15F3N2O3. The normalized spacial score (nSPS) is 12.4. The third-order valence-corrected chi connectivity index (χ3v) is 4.00. The number of nitrogens with two attached hydrogens (primary N) is 1. The quantitative estimate of drug-likeness (QED) is 0.695. The van der Waals surface area contributed by atoms with Gasteiger partial charge in [-0.15, -0.1) is 0 Å². The number of benzene rings is 2. The minimum absolute atomic E-state index is 0.0894. The lowest BCUT2D eigenvalue weighted by Gasteiger charge is -2.14. The average molecular weight is 388 g/mol. The van der Waals surface area contributed by atoms with E-state index in [1.54, 1.807) is 30.3 Å². The topological polar surface area (TPSA) is 85.3 Å². The third-order valence-electron chi connectivity index (χ3n) is 4.00. The maximum absolute atomic E-state index is 12.9. The molecule has 0 aliphatic heterocycles. The van der Waals surface area contributed by atoms with Crippen molar-refractivity contribution < 1.29 is 27.2 Å². The first-order chi connectivity index (χ1) is 13.3. The molecule has 3 rings (SSSR count). The number of carbonyl (C=O) groups is 2. The molecule has 0 fully saturated rings. The molecule has 1 unspecified atom stereocenters. The molecule has 1 heterocycles. The summed E-state index contributed by atoms with van der Waals surface area (Å²) >= 11 is 0. The Kier molecular flexibility index (Phi) is 5.21. The summed E-state index contributed by atoms with van der Waals surface area (Å²) in [7, 11) is 0. The van der Waals surface area contributed by atoms with Crippen LogP contribution in [0.2, 0.25) is 0 Å². The second-order valence-corrected chi connectivity index (χ2v) is 5.96. The van der Waals surface area contributed by atoms with Crippen molar-refractivity contribution in [2.24, 2.45) is 5.73 Å². The molecule has 1 aromatic heterocycles. The Morgan fingerprint density at radius 2 is 1.68 bits per heavy atom. The van der Waals surface area contributed by atoms with Gasteiger partial charge in [-0.05, 0) is 29.8 Å². The van der Waals surface area contributed by atoms with Crippen LogP contribution in [0.3, 0.4) is 0 Å². The summed E-state index contributed by atoms with van der Waals surface area (Å²) in [6.07, 6.45) is -4.49. The Bertz CT molecular complexity index is 997. The van der Waals surface area contributed by atoms with Crippen LogP contribution in [0, 0.1) is 0 Å². The number of nitrogens with one attached hydrogen (secondary N) is 1. The molecule has 5 nitrogen and oxygen atoms in total. The highest BCUT2D eigenvalue weighted by Crippen LogP contribution is 2.32. The molecule has 0 aliphatic rings. The largest absolute Gasteiger partial charge is 0.451 e. The fraction of sp³-hybridized carbons (Fsp3) is 0.100. The number of furan rings is 1. The molecule has 2 amide bonds. The van der Waals surface area contributed by atoms with E-state index in [2.05, 4.69) is 5.32 Å². The van der Waals surface area contributed by atoms with Crippen molar-refractivity contribution in [2.45, 2.75) is 12.2 Å². The zero-order valence-corrected chi connectivity index (χ0v) is 14.4. The first kappa shape index (κ1) is 19.2. The van der Waals surface area contributed by atoms with Gasteiger partial charge in [-0.3, -0.25) is 9.59 Å². The van der Waals surface area contributed by atoms with Gasteiger partial charge in [0.05, 0.1) is 5.56 Å². The summed E-state index contributed by atoms with van der Waals surface area (Å²) < 4.78 is 44.0. The fourth-order valence-electron chi connectivity index (χ4n) is 2.63. The summed E-state index contributed by atoms with van der Waals surface area (Å²) in [6, 6.07) is 14.6. The molecule has 28 heavy (non-hydrogen) atoms. The molecule has 8 heteroatoms. The van der Waals surface area contributed by atoms with Gasteiger partial charge in [0, 0.05) is 5.56 Å². The number of amides is 2. The van der Waals surface area contributed by atoms with Crippen LogP contribution < -0.4 is 11.1 Å². The fourth-order valence-corrected chi connectivity index (χ4v) is 2.63. The molecule has 0 bridgehead atoms. The third kappa shape index (κ3) is 4.22. The van der Waals surface area contributed by atoms with Gasteiger partial charge in [0.1, 0.15) is 11.8 Å². The molecule has 0 radical (unpaired) electrons. The van der Waals surface area contributed by atoms with Crippen LogP contribution in [0.1, 0.15) is 27.7 Å². The molecule has 3 N–H and O–H groups in total. The van der Waals surface area contributed by atoms with Crippen LogP contribution in [0.25, 0.3) is 11.3 Å². The van der Waals surface area contributed by atoms with Crippen molar-refractivity contribution >= 4 is 11.8 Å². The second-order valence-electron chi connectivity index (χ2n) is 5.96. The first-order valence-electron chi connectivity index (χ1n) is 8.18. The maximum atomic E-state index is 12.9. The van der Waals surface area contributed by atoms with Crippen molar-refractivity contribution in [3.63, 3.8) is 0 Å². The van der Waals surface area contributed by atoms with Gasteiger partial charge in [0.25, 0.3) is 5.91 Å². The van der Waals surface area contributed by atoms with Crippen LogP contribution in [0.4, 0.5) is 13.2 Å². The summed E-state index contributed by atoms with van der Waals surface area (Å²) in [5, 5.41) is 2.46. The Balaban J connectivity index is 1.82. The lowest BCUT2D eigenvalue weighted by atomic mass is 10.1. The predicted molar refractivity (Wildman–Crippen MR) is 95.0 cm³/mol. The van der Waals surface area contributed by atoms with Crippen LogP contribution in [-0.4, -0.2) is 11.8 Å². The highest BCUT2D eigenvalue weighted by atomic mass is 19.4. The Morgan fingerprint density at radius 3 is 2.32 bits per heavy atom. The van der Waals surface area contributed by atoms with Crippen molar-refractivity contribution in [1.29, 1.82) is 0 Å². The lowest BCUT2D eigenvalue weighted by Crippen LogP contribution is -2.37. The standard InChI is InChI=1S/C20H15F3N2O3/c21-20(22,23)14-8-4-7-13(11-14)15-9-10-16(28-15)19(27)25-17(18(24)26)12-5-2-1-3-6-12/h1-11,17H,(H2,24,26)(H,25,27). The van der Waals surface area contributed by atoms with Crippen LogP contribution >= 0.6 is 0 Å². The monoisotopic (exact) mass is 388 g/mol. The van der Waals surface area contributed by atoms with E-state index in [9.17, 15) is 22.8 Å². The molecule has 0 saturated heterocycles. The van der Waals surface area contributed by atoms with E-state index in [4.69, 9.17) is 10.2 Å². The number of carbonyl (C=O) groups excluding carboxylic acids is 2. The molecule has 0 aliphatic carbocycles. The van der Waals surface area contributed by atoms with Gasteiger partial charge in [-0.1, -0.05) is 42.5 Å². The highest BCUT2D eigenvalue weighted by Gasteiger charge is 2.30. The zero-order valence-electron chi connectivity index (χ0n) is 14.4. The summed E-state index contributed by atoms with van der Waals surface area (Å²) in [4.78, 5) is 24.1. The number of halogens is 3. The van der Waals surface area contributed by atoms with E-state index in [1.165, 1.54) is 24.3 Å². The van der Waals surface area contributed by atoms with Gasteiger partial charge in [0.2, 0.25) is 5.91 Å². The number of rotatable bonds is 5. The van der Waals surface area contributed by atoms with Crippen molar-refractivity contribution in [2.75, 3.05) is 0 Å². The number of primary amides is 1. The Morgan fingerprint density at radius 1 is 0.964 bits per heavy atom. The number of hydrogen-bond acceptors (Lipinski definition) is 3. The van der Waals surface area contributed by atoms with Crippen LogP contribution in [-0.2, 0) is 11.0 Å². The maximum Gasteiger partial charge on any atom is 0.416 e. The van der Waals surface area contributed by atoms with E-state index in [0.29, 0.717) is 5.56 Å². The number of alkyl halides is 3. The smallest absolute Gasteiger partial charge is 0.416 e. The Hall–Kier alpha value is -3.55. The van der Waals surface area contributed by atoms with E-state index in [0.717, 1.165) is 12.1 Å². The van der Waals surface area contributed by atoms with E-state index >= 15 is 0 Å². The van der Waals surface area contributed by atoms with Gasteiger partial charge in [-0.25, -0.2) is 0 Å². The SMILES string of the molecule is NC(=O)C(NC(=O)c1ccc(-c2cccc(C(F)(F)F)c2)o1)c1ccccc1. The van der Waals surface area contributed by atoms with E-state index in [1.807, 2.05) is 0 Å². The van der Waals surface area contributed by atoms with Crippen LogP contribution in [0.15, 0.2) is 71.1 Å². The molecule has 1 atom stereocenters. The summed E-state index contributed by atoms with van der Waals surface area (Å²) in [5.74, 6) is -1.55. The van der Waals surface area contributed by atoms with Gasteiger partial charge in [0.15, 0.2) is 5.76 Å². The van der Waals surface area contributed by atoms with Gasteiger partial charge >= 0.3 is 6.18 Å². The zero-order chi connectivity index (χ0) is 20.3. The second kappa shape index (κ2) is 7.59. The minimum Gasteiger partial charge on any atom is -0.451 e. The highest BCUT2D eigenvalue weighted by molar-refractivity contribution is 5.96. The van der Waals surface area contributed by atoms with Crippen molar-refractivity contribution in [3.8, 4) is 11.3 Å². The molecular weight excluding hydrogens is 373 g/mol. The van der Waals surface area contributed by atoms with Crippen LogP contribution in [0.5, 0.6) is 0 Å². The molecule has 3 aromatic rings. The first-order valence-corrected chi connectivity index (χ1v) is 8.18. The predicted octanol–water partition coefficient (Wildman–Crippen LogP) is 3.92. The minimum atomic E-state index is -4.49. The number of hydrogen-bond donors (Lipinski definition) is 2. The molecule has 0 spiro atoms. The van der Waals surface area contributed by atoms with E-state index in [-0.39, 0.29) is 17.1 Å². The van der Waals surface area contributed by atoms with Gasteiger partial charge in [-0.2, -0.15) is 13.2 Å². The Labute approximate surface area is 158 Å². The van der Waals surface area contributed by atoms with E-state index < -0.39 is 29.6 Å². The average Bonchev–Trinajstić information content (AvgIpc) is 3.16. The van der Waals surface area contributed by atoms with Gasteiger partial charge < -0.3 is 15.5 Å². The van der Waals surface area contributed by atoms with Crippen molar-refractivity contribution in [3.05, 3.63) is 83.6 Å². The molecule has 0 saturated carbocycles. The molecule has 2 aromatic carbocycles. The summed E-state index contributed by atoms with van der Waals surface area (Å²) in [5.41, 5.74) is 5.19.